The first-order valence-electron chi connectivity index (χ1n) is 40.9. The molecule has 0 fully saturated rings. The number of allylic oxidation sites excluding steroid dienone is 30. The molecule has 0 heterocycles. The molecule has 0 spiro atoms. The van der Waals surface area contributed by atoms with Gasteiger partial charge in [-0.25, -0.2) is 4.79 Å². The number of carboxylic acids is 1. The quantitative estimate of drug-likeness (QED) is 0.0211. The summed E-state index contributed by atoms with van der Waals surface area (Å²) in [7, 11) is 5.97. The van der Waals surface area contributed by atoms with Crippen LogP contribution in [0.1, 0.15) is 322 Å². The van der Waals surface area contributed by atoms with Gasteiger partial charge in [0.05, 0.1) is 34.4 Å². The van der Waals surface area contributed by atoms with Crippen molar-refractivity contribution < 1.29 is 42.9 Å². The Labute approximate surface area is 621 Å². The van der Waals surface area contributed by atoms with Gasteiger partial charge in [-0.1, -0.05) is 357 Å². The SMILES string of the molecule is CC/C=C\C/C=C\C/C=C\C/C=C\C/C=C\C/C=C\C/C=C\C/C=C\C/C=C\C/C=C\CCCCCCC(=O)OC(COC(=O)CCCCCCCCCCCCCCCCCCCCCCCCCCC/C=C\C/C=C\C/C=C\C/C=C\C/C=C\CC)COC(OCC[N+](C)(C)C)C(=O)O. The van der Waals surface area contributed by atoms with Gasteiger partial charge in [0.25, 0.3) is 6.29 Å². The number of quaternary nitrogens is 1. The maximum Gasteiger partial charge on any atom is 0.361 e. The molecule has 0 amide bonds. The van der Waals surface area contributed by atoms with Crippen LogP contribution in [0.5, 0.6) is 0 Å². The molecule has 2 atom stereocenters. The number of carboxylic acid groups (broad SMARTS) is 1. The zero-order chi connectivity index (χ0) is 73.2. The number of unbranched alkanes of at least 4 members (excludes halogenated alkanes) is 29. The van der Waals surface area contributed by atoms with Gasteiger partial charge < -0.3 is 28.5 Å². The lowest BCUT2D eigenvalue weighted by molar-refractivity contribution is -0.870. The monoisotopic (exact) mass is 1400 g/mol. The zero-order valence-electron chi connectivity index (χ0n) is 65.5. The summed E-state index contributed by atoms with van der Waals surface area (Å²) in [5.74, 6) is -2.04. The molecule has 9 heteroatoms. The van der Waals surface area contributed by atoms with Gasteiger partial charge in [0.1, 0.15) is 13.2 Å². The number of carbonyl (C=O) groups excluding carboxylic acids is 2. The Morgan fingerprint density at radius 3 is 0.792 bits per heavy atom. The van der Waals surface area contributed by atoms with E-state index in [9.17, 15) is 19.5 Å². The molecular formula is C92H152NO8+. The van der Waals surface area contributed by atoms with E-state index >= 15 is 0 Å². The molecule has 0 saturated carbocycles. The molecule has 0 radical (unpaired) electrons. The summed E-state index contributed by atoms with van der Waals surface area (Å²) in [6.07, 6.45) is 119. The molecule has 101 heavy (non-hydrogen) atoms. The van der Waals surface area contributed by atoms with Gasteiger partial charge >= 0.3 is 17.9 Å². The Balaban J connectivity index is 4.08. The van der Waals surface area contributed by atoms with Crippen molar-refractivity contribution in [2.45, 2.75) is 334 Å². The standard InChI is InChI=1S/C92H151NO8/c1-6-8-10-12-14-16-18-20-22-24-26-28-30-32-34-36-38-40-42-43-44-45-46-47-49-50-52-54-56-58-60-62-64-66-68-70-72-74-76-78-80-82-89(94)99-86-88(87-100-92(91(96)97)98-85-84-93(3,4)5)101-90(95)83-81-79-77-75-73-71-69-67-65-63-61-59-57-55-53-51-48-41-39-37-35-33-31-29-27-25-23-21-19-17-15-13-11-9-7-2/h8-11,14-17,20-23,26-29,32-35,39,41,51,53,57,59,63,65,69,71,88,92H,6-7,12-13,18-19,24-25,30-31,36-38,40,42-50,52,54-56,58,60-62,64,66-68,70,72-87H2,1-5H3/p+1/b10-8-,11-9-,16-14-,17-15-,22-20-,23-21-,28-26-,29-27-,34-32-,35-33-,41-39-,53-51-,59-57-,65-63-,71-69-. The molecule has 0 rings (SSSR count). The number of nitrogens with zero attached hydrogens (tertiary/aromatic N) is 1. The fraction of sp³-hybridized carbons (Fsp3) is 0.641. The topological polar surface area (TPSA) is 108 Å². The van der Waals surface area contributed by atoms with Crippen molar-refractivity contribution in [3.63, 3.8) is 0 Å². The Morgan fingerprint density at radius 2 is 0.535 bits per heavy atom. The predicted octanol–water partition coefficient (Wildman–Crippen LogP) is 26.7. The first-order valence-corrected chi connectivity index (χ1v) is 40.9. The molecule has 0 aliphatic heterocycles. The second-order valence-electron chi connectivity index (χ2n) is 28.0. The number of likely N-dealkylation sites (N-methyl/N-ethyl adjacent to an activating group) is 1. The van der Waals surface area contributed by atoms with Gasteiger partial charge in [-0.2, -0.15) is 0 Å². The third kappa shape index (κ3) is 81.6. The lowest BCUT2D eigenvalue weighted by Crippen LogP contribution is -2.40. The highest BCUT2D eigenvalue weighted by Gasteiger charge is 2.25. The van der Waals surface area contributed by atoms with Crippen LogP contribution in [0, 0.1) is 0 Å². The largest absolute Gasteiger partial charge is 0.477 e. The summed E-state index contributed by atoms with van der Waals surface area (Å²) < 4.78 is 23.0. The maximum absolute atomic E-state index is 13.0. The summed E-state index contributed by atoms with van der Waals surface area (Å²) in [5, 5.41) is 9.78. The van der Waals surface area contributed by atoms with E-state index < -0.39 is 24.3 Å². The van der Waals surface area contributed by atoms with E-state index in [0.29, 0.717) is 23.9 Å². The van der Waals surface area contributed by atoms with Crippen molar-refractivity contribution in [2.75, 3.05) is 47.5 Å². The predicted molar refractivity (Wildman–Crippen MR) is 437 cm³/mol. The van der Waals surface area contributed by atoms with Gasteiger partial charge in [0.2, 0.25) is 0 Å². The third-order valence-electron chi connectivity index (χ3n) is 17.2. The Hall–Kier alpha value is -5.61. The fourth-order valence-electron chi connectivity index (χ4n) is 11.0. The molecule has 2 unspecified atom stereocenters. The average molecular weight is 1400 g/mol. The number of esters is 2. The van der Waals surface area contributed by atoms with Crippen LogP contribution in [0.4, 0.5) is 0 Å². The minimum Gasteiger partial charge on any atom is -0.477 e. The third-order valence-corrected chi connectivity index (χ3v) is 17.2. The minimum absolute atomic E-state index is 0.175. The van der Waals surface area contributed by atoms with E-state index in [1.54, 1.807) is 0 Å². The van der Waals surface area contributed by atoms with E-state index in [4.69, 9.17) is 18.9 Å². The molecule has 0 bridgehead atoms. The Kier molecular flexibility index (Phi) is 75.6. The molecule has 9 nitrogen and oxygen atoms in total. The molecule has 0 aromatic rings. The maximum atomic E-state index is 13.0. The van der Waals surface area contributed by atoms with Crippen molar-refractivity contribution in [1.82, 2.24) is 0 Å². The number of hydrogen-bond acceptors (Lipinski definition) is 7. The number of hydrogen-bond donors (Lipinski definition) is 1. The first-order chi connectivity index (χ1) is 49.6. The zero-order valence-corrected chi connectivity index (χ0v) is 65.5. The van der Waals surface area contributed by atoms with Gasteiger partial charge in [-0.3, -0.25) is 9.59 Å². The number of aliphatic carboxylic acids is 1. The minimum atomic E-state index is -1.53. The molecule has 0 saturated heterocycles. The van der Waals surface area contributed by atoms with E-state index in [1.807, 2.05) is 21.1 Å². The van der Waals surface area contributed by atoms with Crippen LogP contribution in [0.2, 0.25) is 0 Å². The highest BCUT2D eigenvalue weighted by Crippen LogP contribution is 2.18. The number of rotatable bonds is 74. The fourth-order valence-corrected chi connectivity index (χ4v) is 11.0. The number of ether oxygens (including phenoxy) is 4. The molecule has 0 aromatic heterocycles. The van der Waals surface area contributed by atoms with Crippen molar-refractivity contribution in [3.8, 4) is 0 Å². The Bertz CT molecular complexity index is 2330. The molecule has 0 aromatic carbocycles. The molecular weight excluding hydrogens is 1250 g/mol. The smallest absolute Gasteiger partial charge is 0.361 e. The van der Waals surface area contributed by atoms with Crippen molar-refractivity contribution in [2.24, 2.45) is 0 Å². The van der Waals surface area contributed by atoms with Crippen LogP contribution >= 0.6 is 0 Å². The van der Waals surface area contributed by atoms with Crippen LogP contribution < -0.4 is 0 Å². The lowest BCUT2D eigenvalue weighted by Gasteiger charge is -2.25. The first kappa shape index (κ1) is 95.4. The molecule has 572 valence electrons. The summed E-state index contributed by atoms with van der Waals surface area (Å²) in [5.41, 5.74) is 0. The highest BCUT2D eigenvalue weighted by molar-refractivity contribution is 5.71. The molecule has 0 aliphatic carbocycles. The van der Waals surface area contributed by atoms with Crippen molar-refractivity contribution >= 4 is 17.9 Å². The average Bonchev–Trinajstić information content (AvgIpc) is 1.25. The van der Waals surface area contributed by atoms with Gasteiger partial charge in [-0.15, -0.1) is 0 Å². The van der Waals surface area contributed by atoms with Crippen LogP contribution in [0.3, 0.4) is 0 Å². The second-order valence-corrected chi connectivity index (χ2v) is 28.0. The number of carbonyl (C=O) groups is 3. The van der Waals surface area contributed by atoms with Crippen LogP contribution in [-0.2, 0) is 33.3 Å². The second kappa shape index (κ2) is 80.1. The molecule has 0 aliphatic rings. The molecule has 1 N–H and O–H groups in total. The Morgan fingerprint density at radius 1 is 0.297 bits per heavy atom. The van der Waals surface area contributed by atoms with Crippen LogP contribution in [0.25, 0.3) is 0 Å². The van der Waals surface area contributed by atoms with Crippen molar-refractivity contribution in [1.29, 1.82) is 0 Å². The van der Waals surface area contributed by atoms with Crippen molar-refractivity contribution in [3.05, 3.63) is 182 Å². The summed E-state index contributed by atoms with van der Waals surface area (Å²) in [6.45, 7) is 4.63. The van der Waals surface area contributed by atoms with Crippen LogP contribution in [-0.4, -0.2) is 87.4 Å². The van der Waals surface area contributed by atoms with Gasteiger partial charge in [-0.05, 0) is 135 Å². The summed E-state index contributed by atoms with van der Waals surface area (Å²) >= 11 is 0. The summed E-state index contributed by atoms with van der Waals surface area (Å²) in [4.78, 5) is 37.7. The lowest BCUT2D eigenvalue weighted by atomic mass is 10.0. The van der Waals surface area contributed by atoms with E-state index in [0.717, 1.165) is 141 Å². The van der Waals surface area contributed by atoms with E-state index in [-0.39, 0.29) is 32.2 Å². The van der Waals surface area contributed by atoms with Gasteiger partial charge in [0, 0.05) is 12.8 Å². The van der Waals surface area contributed by atoms with Crippen LogP contribution in [0.15, 0.2) is 182 Å². The normalized spacial score (nSPS) is 13.6. The highest BCUT2D eigenvalue weighted by atomic mass is 16.7. The van der Waals surface area contributed by atoms with E-state index in [2.05, 4.69) is 196 Å². The van der Waals surface area contributed by atoms with Gasteiger partial charge in [0.15, 0.2) is 6.10 Å². The van der Waals surface area contributed by atoms with E-state index in [1.165, 1.54) is 148 Å². The summed E-state index contributed by atoms with van der Waals surface area (Å²) in [6, 6.07) is 0.